The maximum absolute atomic E-state index is 12.8. The van der Waals surface area contributed by atoms with E-state index in [0.29, 0.717) is 19.6 Å². The van der Waals surface area contributed by atoms with Crippen molar-refractivity contribution in [1.29, 1.82) is 0 Å². The molecule has 6 nitrogen and oxygen atoms in total. The second-order valence-electron chi connectivity index (χ2n) is 6.79. The molecular formula is C21H27N3O3. The minimum Gasteiger partial charge on any atom is -0.497 e. The van der Waals surface area contributed by atoms with Crippen molar-refractivity contribution in [2.75, 3.05) is 20.3 Å². The van der Waals surface area contributed by atoms with Gasteiger partial charge < -0.3 is 19.7 Å². The summed E-state index contributed by atoms with van der Waals surface area (Å²) in [6, 6.07) is 11.6. The Morgan fingerprint density at radius 2 is 2.15 bits per heavy atom. The van der Waals surface area contributed by atoms with Crippen molar-refractivity contribution >= 4 is 6.03 Å². The molecule has 2 heterocycles. The van der Waals surface area contributed by atoms with Gasteiger partial charge in [-0.05, 0) is 49.1 Å². The van der Waals surface area contributed by atoms with Crippen LogP contribution in [-0.4, -0.2) is 42.3 Å². The smallest absolute Gasteiger partial charge is 0.318 e. The highest BCUT2D eigenvalue weighted by atomic mass is 16.5. The summed E-state index contributed by atoms with van der Waals surface area (Å²) in [4.78, 5) is 19.0. The number of methoxy groups -OCH3 is 1. The van der Waals surface area contributed by atoms with Crippen molar-refractivity contribution in [3.05, 3.63) is 59.4 Å². The van der Waals surface area contributed by atoms with Crippen molar-refractivity contribution in [3.8, 4) is 5.75 Å². The summed E-state index contributed by atoms with van der Waals surface area (Å²) in [7, 11) is 1.64. The quantitative estimate of drug-likeness (QED) is 0.813. The Hall–Kier alpha value is -2.60. The van der Waals surface area contributed by atoms with Crippen molar-refractivity contribution in [2.45, 2.75) is 39.0 Å². The number of hydrogen-bond acceptors (Lipinski definition) is 4. The lowest BCUT2D eigenvalue weighted by molar-refractivity contribution is 0.0794. The molecular weight excluding hydrogens is 342 g/mol. The molecule has 2 amide bonds. The molecule has 0 spiro atoms. The van der Waals surface area contributed by atoms with Gasteiger partial charge in [0.1, 0.15) is 5.75 Å². The van der Waals surface area contributed by atoms with Gasteiger partial charge in [-0.25, -0.2) is 4.79 Å². The molecule has 0 bridgehead atoms. The lowest BCUT2D eigenvalue weighted by atomic mass is 10.2. The number of ether oxygens (including phenoxy) is 2. The van der Waals surface area contributed by atoms with Crippen molar-refractivity contribution in [2.24, 2.45) is 0 Å². The van der Waals surface area contributed by atoms with Crippen LogP contribution in [0.2, 0.25) is 0 Å². The largest absolute Gasteiger partial charge is 0.497 e. The number of nitrogens with zero attached hydrogens (tertiary/aromatic N) is 2. The number of rotatable bonds is 7. The van der Waals surface area contributed by atoms with Crippen LogP contribution < -0.4 is 10.1 Å². The summed E-state index contributed by atoms with van der Waals surface area (Å²) in [5.74, 6) is 0.805. The predicted molar refractivity (Wildman–Crippen MR) is 104 cm³/mol. The highest BCUT2D eigenvalue weighted by Gasteiger charge is 2.23. The first-order valence-electron chi connectivity index (χ1n) is 9.33. The third-order valence-corrected chi connectivity index (χ3v) is 4.79. The third kappa shape index (κ3) is 5.44. The van der Waals surface area contributed by atoms with E-state index < -0.39 is 0 Å². The number of amides is 2. The summed E-state index contributed by atoms with van der Waals surface area (Å²) in [5.41, 5.74) is 3.00. The zero-order valence-electron chi connectivity index (χ0n) is 16.0. The third-order valence-electron chi connectivity index (χ3n) is 4.79. The van der Waals surface area contributed by atoms with E-state index in [0.717, 1.165) is 42.0 Å². The number of aryl methyl sites for hydroxylation is 1. The highest BCUT2D eigenvalue weighted by molar-refractivity contribution is 5.74. The first kappa shape index (κ1) is 19.2. The van der Waals surface area contributed by atoms with E-state index in [1.54, 1.807) is 13.3 Å². The molecule has 0 unspecified atom stereocenters. The topological polar surface area (TPSA) is 63.7 Å². The molecule has 6 heteroatoms. The lowest BCUT2D eigenvalue weighted by Crippen LogP contribution is -2.43. The van der Waals surface area contributed by atoms with E-state index in [2.05, 4.69) is 10.3 Å². The fourth-order valence-electron chi connectivity index (χ4n) is 3.18. The highest BCUT2D eigenvalue weighted by Crippen LogP contribution is 2.17. The number of carbonyl (C=O) groups is 1. The molecule has 1 aliphatic rings. The van der Waals surface area contributed by atoms with E-state index in [1.165, 1.54) is 0 Å². The first-order valence-corrected chi connectivity index (χ1v) is 9.33. The monoisotopic (exact) mass is 369 g/mol. The van der Waals surface area contributed by atoms with Crippen molar-refractivity contribution < 1.29 is 14.3 Å². The molecule has 3 rings (SSSR count). The normalized spacial score (nSPS) is 16.1. The summed E-state index contributed by atoms with van der Waals surface area (Å²) >= 11 is 0. The van der Waals surface area contributed by atoms with Gasteiger partial charge in [0, 0.05) is 25.9 Å². The van der Waals surface area contributed by atoms with Crippen LogP contribution in [-0.2, 0) is 17.8 Å². The van der Waals surface area contributed by atoms with E-state index in [9.17, 15) is 4.79 Å². The number of carbonyl (C=O) groups excluding carboxylic acids is 1. The Labute approximate surface area is 160 Å². The minimum absolute atomic E-state index is 0.102. The summed E-state index contributed by atoms with van der Waals surface area (Å²) < 4.78 is 10.9. The zero-order valence-corrected chi connectivity index (χ0v) is 16.0. The number of benzene rings is 1. The van der Waals surface area contributed by atoms with Crippen LogP contribution in [0.1, 0.15) is 29.7 Å². The molecule has 1 saturated heterocycles. The van der Waals surface area contributed by atoms with Gasteiger partial charge in [-0.3, -0.25) is 4.98 Å². The second-order valence-corrected chi connectivity index (χ2v) is 6.79. The van der Waals surface area contributed by atoms with Crippen LogP contribution in [0.3, 0.4) is 0 Å². The van der Waals surface area contributed by atoms with Gasteiger partial charge in [0.25, 0.3) is 0 Å². The molecule has 1 aromatic heterocycles. The van der Waals surface area contributed by atoms with E-state index in [1.807, 2.05) is 48.2 Å². The Morgan fingerprint density at radius 3 is 2.81 bits per heavy atom. The molecule has 144 valence electrons. The fourth-order valence-corrected chi connectivity index (χ4v) is 3.18. The molecule has 1 aliphatic heterocycles. The summed E-state index contributed by atoms with van der Waals surface area (Å²) in [6.07, 6.45) is 3.89. The van der Waals surface area contributed by atoms with Crippen LogP contribution >= 0.6 is 0 Å². The second kappa shape index (κ2) is 9.37. The van der Waals surface area contributed by atoms with Gasteiger partial charge in [0.2, 0.25) is 0 Å². The number of nitrogens with one attached hydrogen (secondary N) is 1. The number of pyridine rings is 1. The Kier molecular flexibility index (Phi) is 6.65. The Balaban J connectivity index is 1.65. The lowest BCUT2D eigenvalue weighted by Gasteiger charge is -2.26. The standard InChI is InChI=1S/C21H27N3O3/c1-16-5-3-11-22-20(16)13-23-21(25)24(15-19-6-4-12-27-19)14-17-7-9-18(26-2)10-8-17/h3,5,7-11,19H,4,6,12-15H2,1-2H3,(H,23,25)/t19-/m1/s1. The van der Waals surface area contributed by atoms with Crippen LogP contribution in [0.4, 0.5) is 4.79 Å². The zero-order chi connectivity index (χ0) is 19.1. The summed E-state index contributed by atoms with van der Waals surface area (Å²) in [6.45, 7) is 4.29. The van der Waals surface area contributed by atoms with Gasteiger partial charge in [0.05, 0.1) is 25.5 Å². The van der Waals surface area contributed by atoms with Gasteiger partial charge in [-0.2, -0.15) is 0 Å². The van der Waals surface area contributed by atoms with Gasteiger partial charge >= 0.3 is 6.03 Å². The van der Waals surface area contributed by atoms with Gasteiger partial charge in [-0.15, -0.1) is 0 Å². The van der Waals surface area contributed by atoms with E-state index in [4.69, 9.17) is 9.47 Å². The molecule has 0 saturated carbocycles. The Morgan fingerprint density at radius 1 is 1.33 bits per heavy atom. The van der Waals surface area contributed by atoms with E-state index in [-0.39, 0.29) is 12.1 Å². The van der Waals surface area contributed by atoms with Crippen molar-refractivity contribution in [3.63, 3.8) is 0 Å². The van der Waals surface area contributed by atoms with E-state index >= 15 is 0 Å². The van der Waals surface area contributed by atoms with Crippen molar-refractivity contribution in [1.82, 2.24) is 15.2 Å². The van der Waals surface area contributed by atoms with Crippen LogP contribution in [0, 0.1) is 6.92 Å². The maximum Gasteiger partial charge on any atom is 0.318 e. The summed E-state index contributed by atoms with van der Waals surface area (Å²) in [5, 5.41) is 3.00. The van der Waals surface area contributed by atoms with Crippen LogP contribution in [0.5, 0.6) is 5.75 Å². The number of hydrogen-bond donors (Lipinski definition) is 1. The average Bonchev–Trinajstić information content (AvgIpc) is 3.20. The molecule has 1 N–H and O–H groups in total. The predicted octanol–water partition coefficient (Wildman–Crippen LogP) is 3.29. The van der Waals surface area contributed by atoms with Crippen LogP contribution in [0.25, 0.3) is 0 Å². The first-order chi connectivity index (χ1) is 13.2. The van der Waals surface area contributed by atoms with Crippen LogP contribution in [0.15, 0.2) is 42.6 Å². The minimum atomic E-state index is -0.105. The molecule has 1 atom stereocenters. The van der Waals surface area contributed by atoms with Gasteiger partial charge in [0.15, 0.2) is 0 Å². The number of urea groups is 1. The molecule has 0 radical (unpaired) electrons. The average molecular weight is 369 g/mol. The fraction of sp³-hybridized carbons (Fsp3) is 0.429. The number of aromatic nitrogens is 1. The molecule has 2 aromatic rings. The molecule has 1 aromatic carbocycles. The SMILES string of the molecule is COc1ccc(CN(C[C@H]2CCCO2)C(=O)NCc2ncccc2C)cc1. The maximum atomic E-state index is 12.8. The molecule has 1 fully saturated rings. The molecule has 0 aliphatic carbocycles. The molecule has 27 heavy (non-hydrogen) atoms. The van der Waals surface area contributed by atoms with Gasteiger partial charge in [-0.1, -0.05) is 18.2 Å². The Bertz CT molecular complexity index is 743.